The Bertz CT molecular complexity index is 490. The second-order valence-electron chi connectivity index (χ2n) is 3.67. The zero-order valence-electron chi connectivity index (χ0n) is 9.49. The summed E-state index contributed by atoms with van der Waals surface area (Å²) < 4.78 is 5.39. The first-order chi connectivity index (χ1) is 7.76. The van der Waals surface area contributed by atoms with E-state index in [0.29, 0.717) is 6.54 Å². The highest BCUT2D eigenvalue weighted by Gasteiger charge is 2.10. The molecule has 0 atom stereocenters. The summed E-state index contributed by atoms with van der Waals surface area (Å²) in [6, 6.07) is 8.30. The van der Waals surface area contributed by atoms with Crippen LogP contribution >= 0.6 is 11.3 Å². The number of methoxy groups -OCH3 is 1. The Labute approximate surface area is 99.7 Å². The number of ether oxygens (including phenoxy) is 1. The molecule has 16 heavy (non-hydrogen) atoms. The Kier molecular flexibility index (Phi) is 3.27. The van der Waals surface area contributed by atoms with Crippen molar-refractivity contribution in [3.63, 3.8) is 0 Å². The first kappa shape index (κ1) is 11.2. The first-order valence-corrected chi connectivity index (χ1v) is 6.05. The van der Waals surface area contributed by atoms with Crippen molar-refractivity contribution in [2.75, 3.05) is 7.11 Å². The van der Waals surface area contributed by atoms with Crippen LogP contribution in [0.25, 0.3) is 11.1 Å². The molecule has 0 aliphatic heterocycles. The van der Waals surface area contributed by atoms with E-state index >= 15 is 0 Å². The summed E-state index contributed by atoms with van der Waals surface area (Å²) in [7, 11) is 1.70. The van der Waals surface area contributed by atoms with Gasteiger partial charge in [-0.3, -0.25) is 0 Å². The molecule has 0 fully saturated rings. The van der Waals surface area contributed by atoms with Crippen LogP contribution in [0.5, 0.6) is 5.75 Å². The van der Waals surface area contributed by atoms with Crippen LogP contribution in [0.1, 0.15) is 10.4 Å². The van der Waals surface area contributed by atoms with Gasteiger partial charge in [-0.2, -0.15) is 0 Å². The molecule has 1 aromatic carbocycles. The Hall–Kier alpha value is -1.32. The molecule has 0 aliphatic carbocycles. The monoisotopic (exact) mass is 233 g/mol. The van der Waals surface area contributed by atoms with Crippen LogP contribution in [0.4, 0.5) is 0 Å². The second kappa shape index (κ2) is 4.68. The van der Waals surface area contributed by atoms with Gasteiger partial charge in [0, 0.05) is 22.5 Å². The van der Waals surface area contributed by atoms with Crippen molar-refractivity contribution < 1.29 is 4.74 Å². The van der Waals surface area contributed by atoms with Gasteiger partial charge in [-0.05, 0) is 30.5 Å². The predicted molar refractivity (Wildman–Crippen MR) is 68.9 cm³/mol. The lowest BCUT2D eigenvalue weighted by molar-refractivity contribution is 0.416. The molecule has 0 unspecified atom stereocenters. The van der Waals surface area contributed by atoms with Crippen LogP contribution in [0, 0.1) is 6.92 Å². The van der Waals surface area contributed by atoms with Gasteiger partial charge in [0.15, 0.2) is 0 Å². The minimum Gasteiger partial charge on any atom is -0.496 e. The molecule has 3 heteroatoms. The summed E-state index contributed by atoms with van der Waals surface area (Å²) in [4.78, 5) is 1.20. The van der Waals surface area contributed by atoms with Crippen molar-refractivity contribution in [3.05, 3.63) is 40.1 Å². The molecule has 2 aromatic rings. The van der Waals surface area contributed by atoms with E-state index in [1.807, 2.05) is 6.07 Å². The average Bonchev–Trinajstić information content (AvgIpc) is 2.76. The molecule has 1 aromatic heterocycles. The largest absolute Gasteiger partial charge is 0.496 e. The quantitative estimate of drug-likeness (QED) is 0.883. The number of thiophene rings is 1. The standard InChI is InChI=1S/C13H15NOS/c1-9-3-4-12(15-2)11(7-9)10-5-6-16-13(10)8-14/h3-7H,8,14H2,1-2H3. The molecule has 0 aliphatic rings. The van der Waals surface area contributed by atoms with Crippen molar-refractivity contribution in [3.8, 4) is 16.9 Å². The van der Waals surface area contributed by atoms with Gasteiger partial charge < -0.3 is 10.5 Å². The summed E-state index contributed by atoms with van der Waals surface area (Å²) in [5.41, 5.74) is 9.28. The number of benzene rings is 1. The van der Waals surface area contributed by atoms with E-state index in [-0.39, 0.29) is 0 Å². The molecular formula is C13H15NOS. The molecule has 0 saturated carbocycles. The molecule has 0 radical (unpaired) electrons. The summed E-state index contributed by atoms with van der Waals surface area (Å²) in [6.45, 7) is 2.65. The fourth-order valence-corrected chi connectivity index (χ4v) is 2.54. The number of hydrogen-bond donors (Lipinski definition) is 1. The first-order valence-electron chi connectivity index (χ1n) is 5.17. The van der Waals surface area contributed by atoms with E-state index in [9.17, 15) is 0 Å². The van der Waals surface area contributed by atoms with Gasteiger partial charge in [-0.1, -0.05) is 11.6 Å². The number of nitrogens with two attached hydrogens (primary N) is 1. The fourth-order valence-electron chi connectivity index (χ4n) is 1.77. The summed E-state index contributed by atoms with van der Waals surface area (Å²) in [5.74, 6) is 0.902. The van der Waals surface area contributed by atoms with Crippen molar-refractivity contribution in [2.24, 2.45) is 5.73 Å². The molecule has 0 saturated heterocycles. The van der Waals surface area contributed by atoms with Gasteiger partial charge >= 0.3 is 0 Å². The second-order valence-corrected chi connectivity index (χ2v) is 4.67. The van der Waals surface area contributed by atoms with E-state index in [0.717, 1.165) is 11.3 Å². The highest BCUT2D eigenvalue weighted by molar-refractivity contribution is 7.10. The topological polar surface area (TPSA) is 35.2 Å². The summed E-state index contributed by atoms with van der Waals surface area (Å²) in [6.07, 6.45) is 0. The van der Waals surface area contributed by atoms with Crippen LogP contribution in [-0.4, -0.2) is 7.11 Å². The van der Waals surface area contributed by atoms with Gasteiger partial charge in [0.05, 0.1) is 7.11 Å². The Balaban J connectivity index is 2.58. The molecular weight excluding hydrogens is 218 g/mol. The third kappa shape index (κ3) is 1.96. The Morgan fingerprint density at radius 3 is 2.75 bits per heavy atom. The highest BCUT2D eigenvalue weighted by Crippen LogP contribution is 2.35. The van der Waals surface area contributed by atoms with E-state index in [2.05, 4.69) is 30.5 Å². The van der Waals surface area contributed by atoms with E-state index in [1.54, 1.807) is 18.4 Å². The van der Waals surface area contributed by atoms with Crippen molar-refractivity contribution >= 4 is 11.3 Å². The maximum Gasteiger partial charge on any atom is 0.126 e. The third-order valence-electron chi connectivity index (χ3n) is 2.58. The zero-order chi connectivity index (χ0) is 11.5. The third-order valence-corrected chi connectivity index (χ3v) is 3.52. The van der Waals surface area contributed by atoms with E-state index in [1.165, 1.54) is 16.0 Å². The highest BCUT2D eigenvalue weighted by atomic mass is 32.1. The van der Waals surface area contributed by atoms with Crippen molar-refractivity contribution in [1.29, 1.82) is 0 Å². The minimum atomic E-state index is 0.574. The minimum absolute atomic E-state index is 0.574. The van der Waals surface area contributed by atoms with Gasteiger partial charge in [0.25, 0.3) is 0 Å². The zero-order valence-corrected chi connectivity index (χ0v) is 10.3. The van der Waals surface area contributed by atoms with Crippen LogP contribution in [0.15, 0.2) is 29.6 Å². The molecule has 0 bridgehead atoms. The molecule has 1 heterocycles. The van der Waals surface area contributed by atoms with Gasteiger partial charge in [0.1, 0.15) is 5.75 Å². The maximum absolute atomic E-state index is 5.73. The predicted octanol–water partition coefficient (Wildman–Crippen LogP) is 3.19. The van der Waals surface area contributed by atoms with Crippen LogP contribution in [0.3, 0.4) is 0 Å². The summed E-state index contributed by atoms with van der Waals surface area (Å²) in [5, 5.41) is 2.07. The van der Waals surface area contributed by atoms with E-state index in [4.69, 9.17) is 10.5 Å². The van der Waals surface area contributed by atoms with Crippen molar-refractivity contribution in [1.82, 2.24) is 0 Å². The lowest BCUT2D eigenvalue weighted by atomic mass is 10.0. The molecule has 2 nitrogen and oxygen atoms in total. The normalized spacial score (nSPS) is 10.4. The lowest BCUT2D eigenvalue weighted by Crippen LogP contribution is -1.96. The molecule has 2 N–H and O–H groups in total. The van der Waals surface area contributed by atoms with Gasteiger partial charge in [-0.15, -0.1) is 11.3 Å². The van der Waals surface area contributed by atoms with Crippen LogP contribution in [0.2, 0.25) is 0 Å². The number of aryl methyl sites for hydroxylation is 1. The maximum atomic E-state index is 5.73. The van der Waals surface area contributed by atoms with Crippen molar-refractivity contribution in [2.45, 2.75) is 13.5 Å². The SMILES string of the molecule is COc1ccc(C)cc1-c1ccsc1CN. The number of hydrogen-bond acceptors (Lipinski definition) is 3. The fraction of sp³-hybridized carbons (Fsp3) is 0.231. The summed E-state index contributed by atoms with van der Waals surface area (Å²) >= 11 is 1.69. The molecule has 0 amide bonds. The smallest absolute Gasteiger partial charge is 0.126 e. The van der Waals surface area contributed by atoms with Gasteiger partial charge in [-0.25, -0.2) is 0 Å². The average molecular weight is 233 g/mol. The molecule has 0 spiro atoms. The molecule has 84 valence electrons. The number of rotatable bonds is 3. The van der Waals surface area contributed by atoms with Gasteiger partial charge in [0.2, 0.25) is 0 Å². The Morgan fingerprint density at radius 1 is 1.25 bits per heavy atom. The lowest BCUT2D eigenvalue weighted by Gasteiger charge is -2.09. The van der Waals surface area contributed by atoms with Crippen LogP contribution < -0.4 is 10.5 Å². The van der Waals surface area contributed by atoms with Crippen LogP contribution in [-0.2, 0) is 6.54 Å². The van der Waals surface area contributed by atoms with E-state index < -0.39 is 0 Å². The Morgan fingerprint density at radius 2 is 2.06 bits per heavy atom. The molecule has 2 rings (SSSR count).